The monoisotopic (exact) mass is 357 g/mol. The Labute approximate surface area is 154 Å². The number of amides is 1. The number of nitrogens with one attached hydrogen (secondary N) is 1. The third-order valence-corrected chi connectivity index (χ3v) is 4.88. The van der Waals surface area contributed by atoms with Crippen LogP contribution in [0.25, 0.3) is 0 Å². The van der Waals surface area contributed by atoms with E-state index in [0.29, 0.717) is 31.9 Å². The van der Waals surface area contributed by atoms with Crippen molar-refractivity contribution in [2.75, 3.05) is 44.8 Å². The molecule has 0 aromatic carbocycles. The van der Waals surface area contributed by atoms with E-state index in [1.807, 2.05) is 24.9 Å². The van der Waals surface area contributed by atoms with Crippen LogP contribution in [0.4, 0.5) is 5.82 Å². The summed E-state index contributed by atoms with van der Waals surface area (Å²) < 4.78 is 5.32. The van der Waals surface area contributed by atoms with E-state index in [1.165, 1.54) is 5.56 Å². The molecule has 2 aromatic heterocycles. The molecule has 1 fully saturated rings. The fourth-order valence-electron chi connectivity index (χ4n) is 3.26. The van der Waals surface area contributed by atoms with Crippen molar-refractivity contribution in [1.82, 2.24) is 20.1 Å². The van der Waals surface area contributed by atoms with Gasteiger partial charge in [0.15, 0.2) is 0 Å². The number of carbonyl (C=O) groups excluding carboxylic acids is 1. The number of hydrogen-bond donors (Lipinski definition) is 1. The molecule has 7 heteroatoms. The number of H-pyrrole nitrogens is 1. The topological polar surface area (TPSA) is 74.4 Å². The summed E-state index contributed by atoms with van der Waals surface area (Å²) in [5.74, 6) is 0.875. The first kappa shape index (κ1) is 18.4. The standard InChI is InChI=1S/C19H27N5O2/c1-14-17(15(2)22-21-14)5-4-8-23(3)18-13-16(6-7-20-18)19(25)24-9-11-26-12-10-24/h6-7,13H,4-5,8-12H2,1-3H3,(H,21,22). The second kappa shape index (κ2) is 8.31. The van der Waals surface area contributed by atoms with Gasteiger partial charge < -0.3 is 14.5 Å². The summed E-state index contributed by atoms with van der Waals surface area (Å²) in [7, 11) is 2.01. The molecule has 1 amide bonds. The zero-order chi connectivity index (χ0) is 18.5. The van der Waals surface area contributed by atoms with Gasteiger partial charge in [0.2, 0.25) is 0 Å². The van der Waals surface area contributed by atoms with Crippen LogP contribution in [0.15, 0.2) is 18.3 Å². The third kappa shape index (κ3) is 4.22. The Hall–Kier alpha value is -2.41. The number of aromatic nitrogens is 3. The molecule has 3 heterocycles. The molecule has 0 spiro atoms. The lowest BCUT2D eigenvalue weighted by Crippen LogP contribution is -2.40. The zero-order valence-corrected chi connectivity index (χ0v) is 15.8. The van der Waals surface area contributed by atoms with Gasteiger partial charge in [-0.1, -0.05) is 0 Å². The predicted octanol–water partition coefficient (Wildman–Crippen LogP) is 1.96. The first-order valence-electron chi connectivity index (χ1n) is 9.11. The van der Waals surface area contributed by atoms with Crippen LogP contribution >= 0.6 is 0 Å². The van der Waals surface area contributed by atoms with Gasteiger partial charge in [-0.2, -0.15) is 5.10 Å². The SMILES string of the molecule is Cc1n[nH]c(C)c1CCCN(C)c1cc(C(=O)N2CCOCC2)ccn1. The summed E-state index contributed by atoms with van der Waals surface area (Å²) in [5.41, 5.74) is 4.19. The van der Waals surface area contributed by atoms with Gasteiger partial charge in [-0.25, -0.2) is 4.98 Å². The normalized spacial score (nSPS) is 14.5. The number of rotatable bonds is 6. The summed E-state index contributed by atoms with van der Waals surface area (Å²) in [6.45, 7) is 7.47. The minimum absolute atomic E-state index is 0.0509. The molecule has 7 nitrogen and oxygen atoms in total. The van der Waals surface area contributed by atoms with Crippen LogP contribution in [-0.4, -0.2) is 65.9 Å². The summed E-state index contributed by atoms with van der Waals surface area (Å²) >= 11 is 0. The van der Waals surface area contributed by atoms with Gasteiger partial charge in [-0.3, -0.25) is 9.89 Å². The Morgan fingerprint density at radius 1 is 1.35 bits per heavy atom. The van der Waals surface area contributed by atoms with Gasteiger partial charge in [0.1, 0.15) is 5.82 Å². The van der Waals surface area contributed by atoms with Gasteiger partial charge in [0, 0.05) is 44.1 Å². The van der Waals surface area contributed by atoms with E-state index in [4.69, 9.17) is 4.74 Å². The van der Waals surface area contributed by atoms with Crippen LogP contribution in [0.3, 0.4) is 0 Å². The maximum Gasteiger partial charge on any atom is 0.254 e. The maximum atomic E-state index is 12.6. The second-order valence-corrected chi connectivity index (χ2v) is 6.74. The first-order valence-corrected chi connectivity index (χ1v) is 9.11. The van der Waals surface area contributed by atoms with Crippen molar-refractivity contribution in [2.45, 2.75) is 26.7 Å². The average Bonchev–Trinajstić information content (AvgIpc) is 3.00. The van der Waals surface area contributed by atoms with Crippen molar-refractivity contribution in [3.05, 3.63) is 40.8 Å². The molecule has 1 N–H and O–H groups in total. The molecule has 0 aliphatic carbocycles. The van der Waals surface area contributed by atoms with Crippen molar-refractivity contribution in [1.29, 1.82) is 0 Å². The van der Waals surface area contributed by atoms with Crippen molar-refractivity contribution >= 4 is 11.7 Å². The van der Waals surface area contributed by atoms with Gasteiger partial charge in [-0.15, -0.1) is 0 Å². The predicted molar refractivity (Wildman–Crippen MR) is 101 cm³/mol. The lowest BCUT2D eigenvalue weighted by Gasteiger charge is -2.27. The molecule has 0 unspecified atom stereocenters. The average molecular weight is 357 g/mol. The van der Waals surface area contributed by atoms with Crippen molar-refractivity contribution in [2.24, 2.45) is 0 Å². The van der Waals surface area contributed by atoms with Crippen molar-refractivity contribution in [3.63, 3.8) is 0 Å². The number of anilines is 1. The lowest BCUT2D eigenvalue weighted by molar-refractivity contribution is 0.0303. The minimum atomic E-state index is 0.0509. The molecule has 140 valence electrons. The summed E-state index contributed by atoms with van der Waals surface area (Å²) in [5, 5.41) is 7.28. The van der Waals surface area contributed by atoms with Crippen LogP contribution in [-0.2, 0) is 11.2 Å². The fourth-order valence-corrected chi connectivity index (χ4v) is 3.26. The molecule has 1 aliphatic rings. The Balaban J connectivity index is 1.59. The van der Waals surface area contributed by atoms with E-state index < -0.39 is 0 Å². The maximum absolute atomic E-state index is 12.6. The highest BCUT2D eigenvalue weighted by Crippen LogP contribution is 2.16. The smallest absolute Gasteiger partial charge is 0.254 e. The molecule has 1 aliphatic heterocycles. The van der Waals surface area contributed by atoms with E-state index in [2.05, 4.69) is 27.0 Å². The highest BCUT2D eigenvalue weighted by Gasteiger charge is 2.19. The van der Waals surface area contributed by atoms with Crippen LogP contribution < -0.4 is 4.90 Å². The van der Waals surface area contributed by atoms with Crippen LogP contribution in [0.5, 0.6) is 0 Å². The number of hydrogen-bond acceptors (Lipinski definition) is 5. The summed E-state index contributed by atoms with van der Waals surface area (Å²) in [6.07, 6.45) is 3.69. The molecule has 0 bridgehead atoms. The third-order valence-electron chi connectivity index (χ3n) is 4.88. The van der Waals surface area contributed by atoms with Crippen molar-refractivity contribution < 1.29 is 9.53 Å². The van der Waals surface area contributed by atoms with Crippen LogP contribution in [0.1, 0.15) is 33.7 Å². The number of aryl methyl sites for hydroxylation is 2. The molecule has 1 saturated heterocycles. The van der Waals surface area contributed by atoms with Crippen LogP contribution in [0, 0.1) is 13.8 Å². The largest absolute Gasteiger partial charge is 0.378 e. The number of pyridine rings is 1. The molecule has 0 saturated carbocycles. The lowest BCUT2D eigenvalue weighted by atomic mass is 10.1. The van der Waals surface area contributed by atoms with E-state index in [-0.39, 0.29) is 5.91 Å². The minimum Gasteiger partial charge on any atom is -0.378 e. The molecule has 0 atom stereocenters. The molecule has 3 rings (SSSR count). The summed E-state index contributed by atoms with van der Waals surface area (Å²) in [6, 6.07) is 3.67. The number of morpholine rings is 1. The van der Waals surface area contributed by atoms with Crippen molar-refractivity contribution in [3.8, 4) is 0 Å². The van der Waals surface area contributed by atoms with Gasteiger partial charge in [-0.05, 0) is 44.4 Å². The van der Waals surface area contributed by atoms with Crippen LogP contribution in [0.2, 0.25) is 0 Å². The van der Waals surface area contributed by atoms with Gasteiger partial charge in [0.05, 0.1) is 18.9 Å². The Morgan fingerprint density at radius 3 is 2.81 bits per heavy atom. The fraction of sp³-hybridized carbons (Fsp3) is 0.526. The summed E-state index contributed by atoms with van der Waals surface area (Å²) in [4.78, 5) is 21.0. The molecular formula is C19H27N5O2. The molecule has 26 heavy (non-hydrogen) atoms. The number of aromatic amines is 1. The Bertz CT molecular complexity index is 733. The highest BCUT2D eigenvalue weighted by atomic mass is 16.5. The molecule has 0 radical (unpaired) electrons. The molecular weight excluding hydrogens is 330 g/mol. The van der Waals surface area contributed by atoms with E-state index in [0.717, 1.165) is 36.6 Å². The zero-order valence-electron chi connectivity index (χ0n) is 15.8. The molecule has 2 aromatic rings. The van der Waals surface area contributed by atoms with E-state index in [1.54, 1.807) is 12.3 Å². The van der Waals surface area contributed by atoms with E-state index >= 15 is 0 Å². The van der Waals surface area contributed by atoms with Gasteiger partial charge in [0.25, 0.3) is 5.91 Å². The highest BCUT2D eigenvalue weighted by molar-refractivity contribution is 5.94. The second-order valence-electron chi connectivity index (χ2n) is 6.74. The Kier molecular flexibility index (Phi) is 5.88. The van der Waals surface area contributed by atoms with Gasteiger partial charge >= 0.3 is 0 Å². The number of ether oxygens (including phenoxy) is 1. The quantitative estimate of drug-likeness (QED) is 0.855. The Morgan fingerprint density at radius 2 is 2.12 bits per heavy atom. The number of carbonyl (C=O) groups is 1. The first-order chi connectivity index (χ1) is 12.6. The number of nitrogens with zero attached hydrogens (tertiary/aromatic N) is 4. The van der Waals surface area contributed by atoms with E-state index in [9.17, 15) is 4.79 Å².